The summed E-state index contributed by atoms with van der Waals surface area (Å²) in [5, 5.41) is 3.37. The van der Waals surface area contributed by atoms with Gasteiger partial charge < -0.3 is 15.1 Å². The van der Waals surface area contributed by atoms with Gasteiger partial charge in [-0.15, -0.1) is 0 Å². The number of aromatic nitrogens is 2. The molecule has 1 aliphatic heterocycles. The van der Waals surface area contributed by atoms with Gasteiger partial charge in [0.2, 0.25) is 5.95 Å². The molecule has 0 unspecified atom stereocenters. The first-order chi connectivity index (χ1) is 11.1. The average molecular weight is 311 g/mol. The topological polar surface area (TPSA) is 44.3 Å². The van der Waals surface area contributed by atoms with Crippen molar-refractivity contribution in [1.82, 2.24) is 14.9 Å². The number of benzene rings is 1. The normalized spacial score (nSPS) is 15.7. The van der Waals surface area contributed by atoms with Crippen LogP contribution >= 0.6 is 0 Å². The highest BCUT2D eigenvalue weighted by Crippen LogP contribution is 2.17. The fraction of sp³-hybridized carbons (Fsp3) is 0.444. The van der Waals surface area contributed by atoms with Crippen LogP contribution in [0.5, 0.6) is 0 Å². The number of likely N-dealkylation sites (N-methyl/N-ethyl adjacent to an activating group) is 1. The van der Waals surface area contributed by atoms with E-state index in [-0.39, 0.29) is 0 Å². The quantitative estimate of drug-likeness (QED) is 0.939. The third-order valence-electron chi connectivity index (χ3n) is 4.37. The molecule has 3 rings (SSSR count). The fourth-order valence-corrected chi connectivity index (χ4v) is 2.81. The van der Waals surface area contributed by atoms with Crippen LogP contribution in [-0.4, -0.2) is 48.1 Å². The summed E-state index contributed by atoms with van der Waals surface area (Å²) in [5.74, 6) is 1.74. The molecule has 0 bridgehead atoms. The highest BCUT2D eigenvalue weighted by molar-refractivity contribution is 5.45. The first-order valence-corrected chi connectivity index (χ1v) is 8.19. The van der Waals surface area contributed by atoms with Crippen LogP contribution in [0, 0.1) is 13.8 Å². The number of nitrogens with zero attached hydrogens (tertiary/aromatic N) is 4. The monoisotopic (exact) mass is 311 g/mol. The van der Waals surface area contributed by atoms with E-state index in [0.717, 1.165) is 44.2 Å². The van der Waals surface area contributed by atoms with E-state index in [4.69, 9.17) is 4.98 Å². The zero-order chi connectivity index (χ0) is 16.2. The van der Waals surface area contributed by atoms with Crippen molar-refractivity contribution in [1.29, 1.82) is 0 Å². The molecule has 1 saturated heterocycles. The van der Waals surface area contributed by atoms with Crippen molar-refractivity contribution in [2.45, 2.75) is 20.4 Å². The van der Waals surface area contributed by atoms with Crippen LogP contribution in [0.1, 0.15) is 16.8 Å². The van der Waals surface area contributed by atoms with Gasteiger partial charge in [0.1, 0.15) is 5.82 Å². The second kappa shape index (κ2) is 6.96. The molecule has 5 heteroatoms. The maximum Gasteiger partial charge on any atom is 0.225 e. The van der Waals surface area contributed by atoms with Crippen LogP contribution in [0.15, 0.2) is 30.3 Å². The Morgan fingerprint density at radius 3 is 2.52 bits per heavy atom. The third kappa shape index (κ3) is 3.99. The highest BCUT2D eigenvalue weighted by Gasteiger charge is 2.16. The number of aryl methyl sites for hydroxylation is 2. The Hall–Kier alpha value is -2.14. The molecule has 2 heterocycles. The lowest BCUT2D eigenvalue weighted by atomic mass is 10.1. The predicted molar refractivity (Wildman–Crippen MR) is 95.0 cm³/mol. The van der Waals surface area contributed by atoms with Crippen LogP contribution in [0.25, 0.3) is 0 Å². The summed E-state index contributed by atoms with van der Waals surface area (Å²) in [5.41, 5.74) is 3.56. The summed E-state index contributed by atoms with van der Waals surface area (Å²) in [7, 11) is 2.16. The molecular formula is C18H25N5. The zero-order valence-corrected chi connectivity index (χ0v) is 14.2. The summed E-state index contributed by atoms with van der Waals surface area (Å²) in [4.78, 5) is 13.9. The van der Waals surface area contributed by atoms with E-state index in [9.17, 15) is 0 Å². The van der Waals surface area contributed by atoms with Gasteiger partial charge in [-0.25, -0.2) is 4.98 Å². The van der Waals surface area contributed by atoms with E-state index >= 15 is 0 Å². The number of anilines is 2. The van der Waals surface area contributed by atoms with Crippen molar-refractivity contribution in [3.8, 4) is 0 Å². The second-order valence-electron chi connectivity index (χ2n) is 6.26. The number of hydrogen-bond donors (Lipinski definition) is 1. The fourth-order valence-electron chi connectivity index (χ4n) is 2.81. The van der Waals surface area contributed by atoms with E-state index < -0.39 is 0 Å². The summed E-state index contributed by atoms with van der Waals surface area (Å²) < 4.78 is 0. The molecule has 0 spiro atoms. The minimum atomic E-state index is 0.710. The molecule has 1 fully saturated rings. The van der Waals surface area contributed by atoms with Gasteiger partial charge in [0.15, 0.2) is 0 Å². The lowest BCUT2D eigenvalue weighted by Crippen LogP contribution is -2.44. The van der Waals surface area contributed by atoms with Crippen LogP contribution in [0.4, 0.5) is 11.8 Å². The molecular weight excluding hydrogens is 286 g/mol. The summed E-state index contributed by atoms with van der Waals surface area (Å²) >= 11 is 0. The molecule has 0 amide bonds. The molecule has 1 aliphatic rings. The first-order valence-electron chi connectivity index (χ1n) is 8.19. The van der Waals surface area contributed by atoms with Crippen molar-refractivity contribution in [3.63, 3.8) is 0 Å². The van der Waals surface area contributed by atoms with Gasteiger partial charge >= 0.3 is 0 Å². The van der Waals surface area contributed by atoms with Crippen molar-refractivity contribution < 1.29 is 0 Å². The molecule has 0 saturated carbocycles. The number of piperazine rings is 1. The van der Waals surface area contributed by atoms with Gasteiger partial charge in [-0.1, -0.05) is 24.3 Å². The molecule has 0 aliphatic carbocycles. The summed E-state index contributed by atoms with van der Waals surface area (Å²) in [6.07, 6.45) is 0. The lowest BCUT2D eigenvalue weighted by Gasteiger charge is -2.33. The van der Waals surface area contributed by atoms with Crippen LogP contribution in [0.3, 0.4) is 0 Å². The first kappa shape index (κ1) is 15.7. The van der Waals surface area contributed by atoms with E-state index in [2.05, 4.69) is 64.4 Å². The Labute approximate surface area is 138 Å². The largest absolute Gasteiger partial charge is 0.354 e. The van der Waals surface area contributed by atoms with Gasteiger partial charge in [-0.3, -0.25) is 0 Å². The third-order valence-corrected chi connectivity index (χ3v) is 4.37. The molecule has 0 radical (unpaired) electrons. The number of nitrogens with one attached hydrogen (secondary N) is 1. The van der Waals surface area contributed by atoms with Crippen molar-refractivity contribution in [2.24, 2.45) is 0 Å². The molecule has 0 atom stereocenters. The minimum Gasteiger partial charge on any atom is -0.354 e. The molecule has 23 heavy (non-hydrogen) atoms. The maximum atomic E-state index is 4.71. The van der Waals surface area contributed by atoms with E-state index in [1.807, 2.05) is 6.92 Å². The second-order valence-corrected chi connectivity index (χ2v) is 6.26. The van der Waals surface area contributed by atoms with Gasteiger partial charge in [-0.2, -0.15) is 4.98 Å². The predicted octanol–water partition coefficient (Wildman–Crippen LogP) is 2.46. The van der Waals surface area contributed by atoms with E-state index in [0.29, 0.717) is 5.95 Å². The average Bonchev–Trinajstić information content (AvgIpc) is 2.54. The number of rotatable bonds is 4. The molecule has 122 valence electrons. The molecule has 1 aromatic carbocycles. The molecule has 1 N–H and O–H groups in total. The Balaban J connectivity index is 1.71. The van der Waals surface area contributed by atoms with Crippen molar-refractivity contribution in [3.05, 3.63) is 47.2 Å². The van der Waals surface area contributed by atoms with Crippen LogP contribution in [0.2, 0.25) is 0 Å². The number of hydrogen-bond acceptors (Lipinski definition) is 5. The van der Waals surface area contributed by atoms with Crippen LogP contribution in [-0.2, 0) is 6.54 Å². The van der Waals surface area contributed by atoms with Crippen molar-refractivity contribution in [2.75, 3.05) is 43.4 Å². The lowest BCUT2D eigenvalue weighted by molar-refractivity contribution is 0.312. The smallest absolute Gasteiger partial charge is 0.225 e. The SMILES string of the molecule is Cc1cc(N2CCN(C)CC2)nc(NCc2ccccc2C)n1. The molecule has 5 nitrogen and oxygen atoms in total. The minimum absolute atomic E-state index is 0.710. The van der Waals surface area contributed by atoms with E-state index in [1.54, 1.807) is 0 Å². The Morgan fingerprint density at radius 2 is 1.78 bits per heavy atom. The van der Waals surface area contributed by atoms with E-state index in [1.165, 1.54) is 11.1 Å². The summed E-state index contributed by atoms with van der Waals surface area (Å²) in [6, 6.07) is 10.5. The maximum absolute atomic E-state index is 4.71. The highest BCUT2D eigenvalue weighted by atomic mass is 15.3. The van der Waals surface area contributed by atoms with Crippen LogP contribution < -0.4 is 10.2 Å². The van der Waals surface area contributed by atoms with Gasteiger partial charge in [0.25, 0.3) is 0 Å². The van der Waals surface area contributed by atoms with Crippen molar-refractivity contribution >= 4 is 11.8 Å². The molecule has 2 aromatic rings. The standard InChI is InChI=1S/C18H25N5/c1-14-6-4-5-7-16(14)13-19-18-20-15(2)12-17(21-18)23-10-8-22(3)9-11-23/h4-7,12H,8-11,13H2,1-3H3,(H,19,20,21). The Bertz CT molecular complexity index is 662. The van der Waals surface area contributed by atoms with Gasteiger partial charge in [0.05, 0.1) is 0 Å². The van der Waals surface area contributed by atoms with Gasteiger partial charge in [0, 0.05) is 44.5 Å². The Morgan fingerprint density at radius 1 is 1.04 bits per heavy atom. The Kier molecular flexibility index (Phi) is 4.76. The zero-order valence-electron chi connectivity index (χ0n) is 14.2. The summed E-state index contributed by atoms with van der Waals surface area (Å²) in [6.45, 7) is 9.10. The molecule has 1 aromatic heterocycles. The van der Waals surface area contributed by atoms with Gasteiger partial charge in [-0.05, 0) is 32.0 Å².